The molecule has 1 aliphatic carbocycles. The normalized spacial score (nSPS) is 30.5. The number of nitrogens with two attached hydrogens (primary N) is 1. The fraction of sp³-hybridized carbons (Fsp3) is 0.800. The highest BCUT2D eigenvalue weighted by molar-refractivity contribution is 7.09. The number of hydrogen-bond donors (Lipinski definition) is 2. The molecule has 1 fully saturated rings. The molecule has 1 aromatic heterocycles. The lowest BCUT2D eigenvalue weighted by Gasteiger charge is -2.47. The summed E-state index contributed by atoms with van der Waals surface area (Å²) in [4.78, 5) is 4.49. The molecule has 1 heterocycles. The number of thiazole rings is 1. The second-order valence-electron chi connectivity index (χ2n) is 6.54. The van der Waals surface area contributed by atoms with Gasteiger partial charge in [0.25, 0.3) is 0 Å². The molecule has 0 bridgehead atoms. The second-order valence-corrected chi connectivity index (χ2v) is 7.60. The van der Waals surface area contributed by atoms with Crippen LogP contribution in [0.5, 0.6) is 0 Å². The number of nitrogens with zero attached hydrogens (tertiary/aromatic N) is 1. The minimum absolute atomic E-state index is 0.322. The first-order valence-corrected chi connectivity index (χ1v) is 8.16. The monoisotopic (exact) mass is 281 g/mol. The van der Waals surface area contributed by atoms with Crippen molar-refractivity contribution in [2.24, 2.45) is 23.0 Å². The van der Waals surface area contributed by atoms with Gasteiger partial charge in [0.2, 0.25) is 0 Å². The van der Waals surface area contributed by atoms with E-state index in [1.165, 1.54) is 12.1 Å². The highest BCUT2D eigenvalue weighted by Gasteiger charge is 2.41. The van der Waals surface area contributed by atoms with Crippen molar-refractivity contribution in [2.45, 2.75) is 53.1 Å². The van der Waals surface area contributed by atoms with E-state index in [1.807, 2.05) is 0 Å². The smallest absolute Gasteiger partial charge is 0.0897 e. The van der Waals surface area contributed by atoms with E-state index in [0.29, 0.717) is 23.3 Å². The lowest BCUT2D eigenvalue weighted by molar-refractivity contribution is 0.0538. The molecule has 3 nitrogen and oxygen atoms in total. The minimum atomic E-state index is 0.322. The number of nitrogens with one attached hydrogen (secondary N) is 1. The standard InChI is InChI=1S/C15H27N3S/c1-10-14(16)6-5-12(15(10,3)4)7-17-8-13-9-19-11(2)18-13/h9-10,12,14,17H,5-8,16H2,1-4H3. The summed E-state index contributed by atoms with van der Waals surface area (Å²) in [5.41, 5.74) is 7.70. The van der Waals surface area contributed by atoms with Crippen molar-refractivity contribution in [3.05, 3.63) is 16.1 Å². The highest BCUT2D eigenvalue weighted by Crippen LogP contribution is 2.43. The summed E-state index contributed by atoms with van der Waals surface area (Å²) in [5, 5.41) is 6.87. The molecule has 0 radical (unpaired) electrons. The summed E-state index contributed by atoms with van der Waals surface area (Å²) in [7, 11) is 0. The molecular weight excluding hydrogens is 254 g/mol. The summed E-state index contributed by atoms with van der Waals surface area (Å²) in [5.74, 6) is 1.30. The largest absolute Gasteiger partial charge is 0.327 e. The van der Waals surface area contributed by atoms with Crippen LogP contribution in [0.25, 0.3) is 0 Å². The van der Waals surface area contributed by atoms with Crippen LogP contribution in [-0.2, 0) is 6.54 Å². The van der Waals surface area contributed by atoms with Gasteiger partial charge in [-0.3, -0.25) is 0 Å². The molecule has 2 rings (SSSR count). The molecule has 19 heavy (non-hydrogen) atoms. The highest BCUT2D eigenvalue weighted by atomic mass is 32.1. The SMILES string of the molecule is Cc1nc(CNCC2CCC(N)C(C)C2(C)C)cs1. The van der Waals surface area contributed by atoms with E-state index in [0.717, 1.165) is 24.5 Å². The van der Waals surface area contributed by atoms with Gasteiger partial charge in [-0.15, -0.1) is 11.3 Å². The molecule has 1 aliphatic rings. The van der Waals surface area contributed by atoms with Gasteiger partial charge in [-0.2, -0.15) is 0 Å². The molecule has 0 saturated heterocycles. The zero-order valence-corrected chi connectivity index (χ0v) is 13.4. The summed E-state index contributed by atoms with van der Waals surface area (Å²) >= 11 is 1.72. The van der Waals surface area contributed by atoms with Crippen LogP contribution in [0.4, 0.5) is 0 Å². The topological polar surface area (TPSA) is 50.9 Å². The van der Waals surface area contributed by atoms with Gasteiger partial charge in [-0.25, -0.2) is 4.98 Å². The van der Waals surface area contributed by atoms with Crippen molar-refractivity contribution < 1.29 is 0 Å². The van der Waals surface area contributed by atoms with Gasteiger partial charge in [0.1, 0.15) is 0 Å². The molecule has 3 atom stereocenters. The number of aryl methyl sites for hydroxylation is 1. The maximum atomic E-state index is 6.21. The van der Waals surface area contributed by atoms with E-state index >= 15 is 0 Å². The first-order chi connectivity index (χ1) is 8.91. The molecule has 4 heteroatoms. The van der Waals surface area contributed by atoms with Crippen LogP contribution in [0.3, 0.4) is 0 Å². The Bertz CT molecular complexity index is 413. The zero-order valence-electron chi connectivity index (χ0n) is 12.6. The number of hydrogen-bond acceptors (Lipinski definition) is 4. The maximum Gasteiger partial charge on any atom is 0.0897 e. The molecule has 3 N–H and O–H groups in total. The Labute approximate surface area is 121 Å². The van der Waals surface area contributed by atoms with Crippen molar-refractivity contribution in [1.29, 1.82) is 0 Å². The lowest BCUT2D eigenvalue weighted by Crippen LogP contribution is -2.49. The first kappa shape index (κ1) is 14.9. The third kappa shape index (κ3) is 3.36. The summed E-state index contributed by atoms with van der Waals surface area (Å²) in [6, 6.07) is 0.368. The van der Waals surface area contributed by atoms with E-state index in [1.54, 1.807) is 11.3 Å². The lowest BCUT2D eigenvalue weighted by atomic mass is 9.61. The molecule has 3 unspecified atom stereocenters. The van der Waals surface area contributed by atoms with Crippen LogP contribution in [0.15, 0.2) is 5.38 Å². The Morgan fingerprint density at radius 2 is 2.21 bits per heavy atom. The van der Waals surface area contributed by atoms with E-state index in [9.17, 15) is 0 Å². The second kappa shape index (κ2) is 5.90. The van der Waals surface area contributed by atoms with E-state index in [-0.39, 0.29) is 0 Å². The van der Waals surface area contributed by atoms with E-state index in [2.05, 4.69) is 43.4 Å². The third-order valence-electron chi connectivity index (χ3n) is 5.08. The molecule has 1 aromatic rings. The fourth-order valence-corrected chi connectivity index (χ4v) is 3.78. The van der Waals surface area contributed by atoms with Crippen molar-refractivity contribution in [1.82, 2.24) is 10.3 Å². The third-order valence-corrected chi connectivity index (χ3v) is 5.90. The predicted molar refractivity (Wildman–Crippen MR) is 82.2 cm³/mol. The van der Waals surface area contributed by atoms with Crippen LogP contribution >= 0.6 is 11.3 Å². The fourth-order valence-electron chi connectivity index (χ4n) is 3.17. The molecule has 0 amide bonds. The summed E-state index contributed by atoms with van der Waals surface area (Å²) < 4.78 is 0. The molecule has 1 saturated carbocycles. The van der Waals surface area contributed by atoms with Gasteiger partial charge in [-0.1, -0.05) is 20.8 Å². The van der Waals surface area contributed by atoms with Crippen LogP contribution in [-0.4, -0.2) is 17.6 Å². The minimum Gasteiger partial charge on any atom is -0.327 e. The van der Waals surface area contributed by atoms with Crippen molar-refractivity contribution >= 4 is 11.3 Å². The molecule has 108 valence electrons. The average Bonchev–Trinajstić information content (AvgIpc) is 2.76. The quantitative estimate of drug-likeness (QED) is 0.892. The Hall–Kier alpha value is -0.450. The van der Waals surface area contributed by atoms with Crippen LogP contribution in [0.2, 0.25) is 0 Å². The van der Waals surface area contributed by atoms with Gasteiger partial charge < -0.3 is 11.1 Å². The van der Waals surface area contributed by atoms with Gasteiger partial charge >= 0.3 is 0 Å². The predicted octanol–water partition coefficient (Wildman–Crippen LogP) is 2.94. The Balaban J connectivity index is 1.85. The number of aromatic nitrogens is 1. The molecular formula is C15H27N3S. The number of rotatable bonds is 4. The molecule has 0 aliphatic heterocycles. The van der Waals surface area contributed by atoms with Crippen LogP contribution in [0.1, 0.15) is 44.3 Å². The van der Waals surface area contributed by atoms with Gasteiger partial charge in [0, 0.05) is 18.0 Å². The Morgan fingerprint density at radius 1 is 1.47 bits per heavy atom. The summed E-state index contributed by atoms with van der Waals surface area (Å²) in [6.07, 6.45) is 2.40. The maximum absolute atomic E-state index is 6.21. The van der Waals surface area contributed by atoms with Gasteiger partial charge in [-0.05, 0) is 43.6 Å². The Kier molecular flexibility index (Phi) is 4.64. The average molecular weight is 281 g/mol. The summed E-state index contributed by atoms with van der Waals surface area (Å²) in [6.45, 7) is 11.1. The van der Waals surface area contributed by atoms with Crippen LogP contribution < -0.4 is 11.1 Å². The molecule has 0 spiro atoms. The van der Waals surface area contributed by atoms with Crippen LogP contribution in [0, 0.1) is 24.2 Å². The van der Waals surface area contributed by atoms with Gasteiger partial charge in [0.15, 0.2) is 0 Å². The molecule has 0 aromatic carbocycles. The first-order valence-electron chi connectivity index (χ1n) is 7.28. The van der Waals surface area contributed by atoms with E-state index < -0.39 is 0 Å². The van der Waals surface area contributed by atoms with E-state index in [4.69, 9.17) is 5.73 Å². The van der Waals surface area contributed by atoms with Gasteiger partial charge in [0.05, 0.1) is 10.7 Å². The van der Waals surface area contributed by atoms with Crippen molar-refractivity contribution in [2.75, 3.05) is 6.54 Å². The Morgan fingerprint density at radius 3 is 2.84 bits per heavy atom. The van der Waals surface area contributed by atoms with Crippen molar-refractivity contribution in [3.63, 3.8) is 0 Å². The van der Waals surface area contributed by atoms with Crippen molar-refractivity contribution in [3.8, 4) is 0 Å². The zero-order chi connectivity index (χ0) is 14.0.